The molecule has 3 aromatic carbocycles. The predicted molar refractivity (Wildman–Crippen MR) is 141 cm³/mol. The number of nitrogens with one attached hydrogen (secondary N) is 1. The van der Waals surface area contributed by atoms with Crippen LogP contribution < -0.4 is 5.32 Å². The third-order valence-corrected chi connectivity index (χ3v) is 6.57. The molecule has 2 amide bonds. The number of carbonyl (C=O) groups excluding carboxylic acids is 2. The van der Waals surface area contributed by atoms with E-state index in [0.717, 1.165) is 36.3 Å². The quantitative estimate of drug-likeness (QED) is 0.436. The summed E-state index contributed by atoms with van der Waals surface area (Å²) in [4.78, 5) is 31.2. The highest BCUT2D eigenvalue weighted by molar-refractivity contribution is 5.88. The first-order valence-electron chi connectivity index (χ1n) is 12.8. The van der Waals surface area contributed by atoms with Crippen molar-refractivity contribution >= 4 is 11.8 Å². The molecule has 1 N–H and O–H groups in total. The minimum atomic E-state index is -0.714. The molecule has 1 fully saturated rings. The number of hydrogen-bond acceptors (Lipinski definition) is 4. The molecule has 3 aromatic rings. The molecule has 1 aliphatic heterocycles. The average molecular weight is 504 g/mol. The summed E-state index contributed by atoms with van der Waals surface area (Å²) >= 11 is 0. The Balaban J connectivity index is 1.56. The zero-order valence-electron chi connectivity index (χ0n) is 21.0. The van der Waals surface area contributed by atoms with Crippen LogP contribution in [-0.4, -0.2) is 67.0 Å². The van der Waals surface area contributed by atoms with Gasteiger partial charge in [0.1, 0.15) is 11.9 Å². The van der Waals surface area contributed by atoms with Gasteiger partial charge in [-0.3, -0.25) is 14.5 Å². The molecule has 0 aliphatic carbocycles. The predicted octanol–water partition coefficient (Wildman–Crippen LogP) is 3.46. The van der Waals surface area contributed by atoms with E-state index in [1.165, 1.54) is 12.1 Å². The van der Waals surface area contributed by atoms with Gasteiger partial charge in [-0.25, -0.2) is 4.39 Å². The highest BCUT2D eigenvalue weighted by Gasteiger charge is 2.30. The Kier molecular flexibility index (Phi) is 9.80. The molecule has 0 radical (unpaired) electrons. The van der Waals surface area contributed by atoms with E-state index >= 15 is 0 Å². The number of nitrogens with zero attached hydrogens (tertiary/aromatic N) is 2. The first kappa shape index (κ1) is 26.5. The molecule has 7 heteroatoms. The Morgan fingerprint density at radius 1 is 0.865 bits per heavy atom. The second-order valence-corrected chi connectivity index (χ2v) is 9.26. The van der Waals surface area contributed by atoms with E-state index in [1.807, 2.05) is 60.7 Å². The maximum absolute atomic E-state index is 13.7. The second kappa shape index (κ2) is 13.7. The maximum atomic E-state index is 13.7. The number of ether oxygens (including phenoxy) is 1. The van der Waals surface area contributed by atoms with Crippen LogP contribution in [-0.2, 0) is 33.7 Å². The van der Waals surface area contributed by atoms with Gasteiger partial charge in [0.25, 0.3) is 0 Å². The summed E-state index contributed by atoms with van der Waals surface area (Å²) in [6, 6.07) is 24.6. The molecular weight excluding hydrogens is 469 g/mol. The Labute approximate surface area is 218 Å². The molecule has 0 spiro atoms. The van der Waals surface area contributed by atoms with Crippen LogP contribution in [0.15, 0.2) is 84.9 Å². The first-order valence-corrected chi connectivity index (χ1v) is 12.8. The minimum absolute atomic E-state index is 0.153. The zero-order chi connectivity index (χ0) is 25.9. The molecule has 194 valence electrons. The molecule has 0 aromatic heterocycles. The monoisotopic (exact) mass is 503 g/mol. The summed E-state index contributed by atoms with van der Waals surface area (Å²) in [6.07, 6.45) is 0.556. The summed E-state index contributed by atoms with van der Waals surface area (Å²) in [5, 5.41) is 3.07. The van der Waals surface area contributed by atoms with E-state index in [9.17, 15) is 14.0 Å². The smallest absolute Gasteiger partial charge is 0.243 e. The Hall–Kier alpha value is -3.55. The molecule has 4 rings (SSSR count). The molecule has 0 bridgehead atoms. The molecule has 1 heterocycles. The van der Waals surface area contributed by atoms with Crippen molar-refractivity contribution in [2.45, 2.75) is 25.4 Å². The fourth-order valence-electron chi connectivity index (χ4n) is 4.49. The normalized spacial score (nSPS) is 14.6. The van der Waals surface area contributed by atoms with E-state index in [2.05, 4.69) is 10.2 Å². The SMILES string of the molecule is O=C(NCCN1CCOCC1)C(Cc1ccccc1)N(Cc1ccc(F)cc1)C(=O)Cc1ccccc1. The van der Waals surface area contributed by atoms with Crippen molar-refractivity contribution in [3.8, 4) is 0 Å². The van der Waals surface area contributed by atoms with Gasteiger partial charge in [0.2, 0.25) is 11.8 Å². The summed E-state index contributed by atoms with van der Waals surface area (Å²) in [5.74, 6) is -0.687. The molecule has 6 nitrogen and oxygen atoms in total. The lowest BCUT2D eigenvalue weighted by atomic mass is 10.0. The van der Waals surface area contributed by atoms with Crippen molar-refractivity contribution in [2.24, 2.45) is 0 Å². The van der Waals surface area contributed by atoms with Gasteiger partial charge in [0, 0.05) is 39.1 Å². The maximum Gasteiger partial charge on any atom is 0.243 e. The number of halogens is 1. The third-order valence-electron chi connectivity index (χ3n) is 6.57. The summed E-state index contributed by atoms with van der Waals surface area (Å²) < 4.78 is 19.0. The molecule has 37 heavy (non-hydrogen) atoms. The van der Waals surface area contributed by atoms with Gasteiger partial charge in [-0.05, 0) is 28.8 Å². The fourth-order valence-corrected chi connectivity index (χ4v) is 4.49. The van der Waals surface area contributed by atoms with Crippen LogP contribution in [0.25, 0.3) is 0 Å². The standard InChI is InChI=1S/C30H34FN3O3/c31-27-13-11-26(12-14-27)23-34(29(35)22-25-9-5-2-6-10-25)28(21-24-7-3-1-4-8-24)30(36)32-15-16-33-17-19-37-20-18-33/h1-14,28H,15-23H2,(H,32,36). The van der Waals surface area contributed by atoms with Crippen molar-refractivity contribution in [1.82, 2.24) is 15.1 Å². The highest BCUT2D eigenvalue weighted by Crippen LogP contribution is 2.17. The minimum Gasteiger partial charge on any atom is -0.379 e. The average Bonchev–Trinajstić information content (AvgIpc) is 2.93. The van der Waals surface area contributed by atoms with Gasteiger partial charge >= 0.3 is 0 Å². The molecule has 0 saturated carbocycles. The van der Waals surface area contributed by atoms with E-state index in [0.29, 0.717) is 26.2 Å². The summed E-state index contributed by atoms with van der Waals surface area (Å²) in [6.45, 7) is 4.50. The lowest BCUT2D eigenvalue weighted by Gasteiger charge is -2.32. The second-order valence-electron chi connectivity index (χ2n) is 9.26. The van der Waals surface area contributed by atoms with Gasteiger partial charge in [-0.15, -0.1) is 0 Å². The molecule has 1 atom stereocenters. The van der Waals surface area contributed by atoms with E-state index in [4.69, 9.17) is 4.74 Å². The van der Waals surface area contributed by atoms with Crippen molar-refractivity contribution < 1.29 is 18.7 Å². The topological polar surface area (TPSA) is 61.9 Å². The molecule has 1 unspecified atom stereocenters. The van der Waals surface area contributed by atoms with Gasteiger partial charge < -0.3 is 15.0 Å². The van der Waals surface area contributed by atoms with Gasteiger partial charge in [0.05, 0.1) is 19.6 Å². The lowest BCUT2D eigenvalue weighted by Crippen LogP contribution is -2.52. The summed E-state index contributed by atoms with van der Waals surface area (Å²) in [7, 11) is 0. The summed E-state index contributed by atoms with van der Waals surface area (Å²) in [5.41, 5.74) is 2.61. The van der Waals surface area contributed by atoms with Crippen LogP contribution in [0, 0.1) is 5.82 Å². The van der Waals surface area contributed by atoms with E-state index in [1.54, 1.807) is 17.0 Å². The Morgan fingerprint density at radius 2 is 1.49 bits per heavy atom. The van der Waals surface area contributed by atoms with E-state index < -0.39 is 6.04 Å². The van der Waals surface area contributed by atoms with Crippen molar-refractivity contribution in [2.75, 3.05) is 39.4 Å². The van der Waals surface area contributed by atoms with Crippen molar-refractivity contribution in [3.05, 3.63) is 107 Å². The lowest BCUT2D eigenvalue weighted by molar-refractivity contribution is -0.140. The fraction of sp³-hybridized carbons (Fsp3) is 0.333. The Morgan fingerprint density at radius 3 is 2.14 bits per heavy atom. The van der Waals surface area contributed by atoms with Gasteiger partial charge in [0.15, 0.2) is 0 Å². The van der Waals surface area contributed by atoms with Gasteiger partial charge in [-0.2, -0.15) is 0 Å². The number of hydrogen-bond donors (Lipinski definition) is 1. The van der Waals surface area contributed by atoms with Crippen molar-refractivity contribution in [3.63, 3.8) is 0 Å². The van der Waals surface area contributed by atoms with Crippen LogP contribution in [0.2, 0.25) is 0 Å². The highest BCUT2D eigenvalue weighted by atomic mass is 19.1. The number of benzene rings is 3. The van der Waals surface area contributed by atoms with Crippen LogP contribution in [0.1, 0.15) is 16.7 Å². The number of morpholine rings is 1. The third kappa shape index (κ3) is 8.23. The molecule has 1 aliphatic rings. The first-order chi connectivity index (χ1) is 18.1. The Bertz CT molecular complexity index is 1120. The molecule has 1 saturated heterocycles. The number of carbonyl (C=O) groups is 2. The number of amides is 2. The largest absolute Gasteiger partial charge is 0.379 e. The van der Waals surface area contributed by atoms with E-state index in [-0.39, 0.29) is 30.6 Å². The van der Waals surface area contributed by atoms with Crippen LogP contribution >= 0.6 is 0 Å². The van der Waals surface area contributed by atoms with Crippen LogP contribution in [0.4, 0.5) is 4.39 Å². The molecular formula is C30H34FN3O3. The van der Waals surface area contributed by atoms with Crippen LogP contribution in [0.5, 0.6) is 0 Å². The van der Waals surface area contributed by atoms with Crippen molar-refractivity contribution in [1.29, 1.82) is 0 Å². The van der Waals surface area contributed by atoms with Crippen LogP contribution in [0.3, 0.4) is 0 Å². The number of rotatable bonds is 11. The zero-order valence-corrected chi connectivity index (χ0v) is 21.0. The van der Waals surface area contributed by atoms with Gasteiger partial charge in [-0.1, -0.05) is 72.8 Å².